The number of nitrogens with zero attached hydrogens (tertiary/aromatic N) is 1. The minimum Gasteiger partial charge on any atom is -0.508 e. The van der Waals surface area contributed by atoms with E-state index in [9.17, 15) is 5.11 Å². The molecule has 1 heterocycles. The van der Waals surface area contributed by atoms with Gasteiger partial charge in [-0.2, -0.15) is 0 Å². The first kappa shape index (κ1) is 10.2. The maximum absolute atomic E-state index is 9.89. The number of aliphatic hydroxyl groups is 1. The van der Waals surface area contributed by atoms with Crippen LogP contribution in [-0.4, -0.2) is 11.7 Å². The summed E-state index contributed by atoms with van der Waals surface area (Å²) < 4.78 is 0. The highest BCUT2D eigenvalue weighted by Gasteiger charge is 2.22. The molecule has 0 saturated heterocycles. The van der Waals surface area contributed by atoms with Gasteiger partial charge in [0.1, 0.15) is 5.76 Å². The summed E-state index contributed by atoms with van der Waals surface area (Å²) in [4.78, 5) is 2.28. The molecular formula is C15H15NO. The van der Waals surface area contributed by atoms with E-state index in [0.717, 1.165) is 25.0 Å². The lowest BCUT2D eigenvalue weighted by Gasteiger charge is -2.32. The average molecular weight is 225 g/mol. The van der Waals surface area contributed by atoms with Crippen LogP contribution in [0.15, 0.2) is 65.6 Å². The van der Waals surface area contributed by atoms with Crippen LogP contribution in [0.25, 0.3) is 0 Å². The summed E-state index contributed by atoms with van der Waals surface area (Å²) in [5, 5.41) is 9.89. The van der Waals surface area contributed by atoms with E-state index in [0.29, 0.717) is 5.76 Å². The Kier molecular flexibility index (Phi) is 2.48. The Hall–Kier alpha value is -1.96. The fourth-order valence-corrected chi connectivity index (χ4v) is 2.43. The van der Waals surface area contributed by atoms with Gasteiger partial charge in [0.25, 0.3) is 0 Å². The van der Waals surface area contributed by atoms with Crippen LogP contribution in [0, 0.1) is 0 Å². The molecule has 0 atom stereocenters. The summed E-state index contributed by atoms with van der Waals surface area (Å²) in [6.07, 6.45) is 8.08. The van der Waals surface area contributed by atoms with E-state index in [1.165, 1.54) is 11.4 Å². The van der Waals surface area contributed by atoms with E-state index >= 15 is 0 Å². The summed E-state index contributed by atoms with van der Waals surface area (Å²) in [6.45, 7) is 0.753. The Balaban J connectivity index is 2.04. The van der Waals surface area contributed by atoms with Crippen LogP contribution in [0.2, 0.25) is 0 Å². The highest BCUT2D eigenvalue weighted by molar-refractivity contribution is 5.60. The molecule has 0 aromatic heterocycles. The summed E-state index contributed by atoms with van der Waals surface area (Å²) in [7, 11) is 0. The van der Waals surface area contributed by atoms with Crippen LogP contribution in [0.3, 0.4) is 0 Å². The summed E-state index contributed by atoms with van der Waals surface area (Å²) in [6, 6.07) is 10.3. The third-order valence-corrected chi connectivity index (χ3v) is 3.28. The smallest absolute Gasteiger partial charge is 0.122 e. The van der Waals surface area contributed by atoms with Gasteiger partial charge < -0.3 is 10.0 Å². The van der Waals surface area contributed by atoms with Crippen molar-refractivity contribution in [2.24, 2.45) is 0 Å². The molecule has 0 bridgehead atoms. The topological polar surface area (TPSA) is 23.5 Å². The molecule has 2 aliphatic rings. The molecule has 0 unspecified atom stereocenters. The molecule has 2 heteroatoms. The number of hydrogen-bond acceptors (Lipinski definition) is 2. The molecule has 0 radical (unpaired) electrons. The average Bonchev–Trinajstić information content (AvgIpc) is 2.41. The lowest BCUT2D eigenvalue weighted by molar-refractivity contribution is 0.418. The number of aliphatic hydroxyl groups excluding tert-OH is 1. The first-order valence-electron chi connectivity index (χ1n) is 5.98. The monoisotopic (exact) mass is 225 g/mol. The zero-order valence-corrected chi connectivity index (χ0v) is 9.63. The fraction of sp³-hybridized carbons (Fsp3) is 0.200. The summed E-state index contributed by atoms with van der Waals surface area (Å²) in [5.41, 5.74) is 3.41. The predicted molar refractivity (Wildman–Crippen MR) is 69.9 cm³/mol. The lowest BCUT2D eigenvalue weighted by Crippen LogP contribution is -2.28. The standard InChI is InChI=1S/C15H15NO/c17-15-10-11-16(12-6-2-1-3-7-12)14-9-5-4-8-13(14)15/h1-4,6-8,10,17H,5,9,11H2. The highest BCUT2D eigenvalue weighted by atomic mass is 16.3. The quantitative estimate of drug-likeness (QED) is 0.790. The lowest BCUT2D eigenvalue weighted by atomic mass is 9.97. The number of allylic oxidation sites excluding steroid dienone is 3. The third kappa shape index (κ3) is 1.76. The number of anilines is 1. The van der Waals surface area contributed by atoms with E-state index in [2.05, 4.69) is 23.1 Å². The molecule has 86 valence electrons. The fourth-order valence-electron chi connectivity index (χ4n) is 2.43. The van der Waals surface area contributed by atoms with Crippen molar-refractivity contribution in [1.29, 1.82) is 0 Å². The van der Waals surface area contributed by atoms with Gasteiger partial charge in [-0.3, -0.25) is 0 Å². The van der Waals surface area contributed by atoms with Crippen LogP contribution < -0.4 is 4.90 Å². The molecule has 1 aliphatic carbocycles. The van der Waals surface area contributed by atoms with Gasteiger partial charge in [0, 0.05) is 23.5 Å². The van der Waals surface area contributed by atoms with Crippen LogP contribution >= 0.6 is 0 Å². The van der Waals surface area contributed by atoms with Crippen molar-refractivity contribution >= 4 is 5.69 Å². The maximum atomic E-state index is 9.89. The molecule has 1 aliphatic heterocycles. The predicted octanol–water partition coefficient (Wildman–Crippen LogP) is 3.55. The van der Waals surface area contributed by atoms with Crippen molar-refractivity contribution in [3.05, 3.63) is 65.6 Å². The molecule has 1 aromatic carbocycles. The van der Waals surface area contributed by atoms with Crippen molar-refractivity contribution in [2.75, 3.05) is 11.4 Å². The molecular weight excluding hydrogens is 210 g/mol. The van der Waals surface area contributed by atoms with Gasteiger partial charge in [0.15, 0.2) is 0 Å². The van der Waals surface area contributed by atoms with E-state index in [1.807, 2.05) is 30.4 Å². The van der Waals surface area contributed by atoms with Gasteiger partial charge in [-0.25, -0.2) is 0 Å². The Morgan fingerprint density at radius 1 is 1.12 bits per heavy atom. The number of hydrogen-bond donors (Lipinski definition) is 1. The minimum atomic E-state index is 0.420. The second-order valence-corrected chi connectivity index (χ2v) is 4.34. The zero-order valence-electron chi connectivity index (χ0n) is 9.63. The molecule has 3 rings (SSSR count). The van der Waals surface area contributed by atoms with Crippen molar-refractivity contribution in [1.82, 2.24) is 0 Å². The van der Waals surface area contributed by atoms with Crippen LogP contribution in [0.4, 0.5) is 5.69 Å². The molecule has 0 fully saturated rings. The van der Waals surface area contributed by atoms with Crippen molar-refractivity contribution < 1.29 is 5.11 Å². The van der Waals surface area contributed by atoms with E-state index in [4.69, 9.17) is 0 Å². The van der Waals surface area contributed by atoms with Crippen molar-refractivity contribution in [2.45, 2.75) is 12.8 Å². The first-order chi connectivity index (χ1) is 8.36. The molecule has 0 saturated carbocycles. The molecule has 2 nitrogen and oxygen atoms in total. The van der Waals surface area contributed by atoms with Gasteiger partial charge in [-0.1, -0.05) is 30.4 Å². The molecule has 0 amide bonds. The van der Waals surface area contributed by atoms with Crippen LogP contribution in [-0.2, 0) is 0 Å². The molecule has 0 spiro atoms. The number of para-hydroxylation sites is 1. The minimum absolute atomic E-state index is 0.420. The van der Waals surface area contributed by atoms with Gasteiger partial charge in [0.2, 0.25) is 0 Å². The van der Waals surface area contributed by atoms with Crippen LogP contribution in [0.1, 0.15) is 12.8 Å². The Morgan fingerprint density at radius 2 is 1.94 bits per heavy atom. The Morgan fingerprint density at radius 3 is 2.76 bits per heavy atom. The second kappa shape index (κ2) is 4.13. The van der Waals surface area contributed by atoms with E-state index in [1.54, 1.807) is 0 Å². The summed E-state index contributed by atoms with van der Waals surface area (Å²) >= 11 is 0. The van der Waals surface area contributed by atoms with Gasteiger partial charge >= 0.3 is 0 Å². The molecule has 1 aromatic rings. The Bertz CT molecular complexity index is 511. The van der Waals surface area contributed by atoms with E-state index < -0.39 is 0 Å². The van der Waals surface area contributed by atoms with Gasteiger partial charge in [-0.05, 0) is 31.1 Å². The van der Waals surface area contributed by atoms with Gasteiger partial charge in [0.05, 0.1) is 0 Å². The highest BCUT2D eigenvalue weighted by Crippen LogP contribution is 2.33. The first-order valence-corrected chi connectivity index (χ1v) is 5.98. The number of benzene rings is 1. The van der Waals surface area contributed by atoms with Crippen molar-refractivity contribution in [3.63, 3.8) is 0 Å². The number of rotatable bonds is 1. The summed E-state index contributed by atoms with van der Waals surface area (Å²) in [5.74, 6) is 0.420. The third-order valence-electron chi connectivity index (χ3n) is 3.28. The second-order valence-electron chi connectivity index (χ2n) is 4.34. The zero-order chi connectivity index (χ0) is 11.7. The molecule has 17 heavy (non-hydrogen) atoms. The van der Waals surface area contributed by atoms with Crippen molar-refractivity contribution in [3.8, 4) is 0 Å². The van der Waals surface area contributed by atoms with E-state index in [-0.39, 0.29) is 0 Å². The maximum Gasteiger partial charge on any atom is 0.122 e. The largest absolute Gasteiger partial charge is 0.508 e. The molecule has 1 N–H and O–H groups in total. The normalized spacial score (nSPS) is 19.1. The van der Waals surface area contributed by atoms with Crippen LogP contribution in [0.5, 0.6) is 0 Å². The Labute approximate surface area is 101 Å². The van der Waals surface area contributed by atoms with Gasteiger partial charge in [-0.15, -0.1) is 0 Å². The SMILES string of the molecule is OC1=CCN(c2ccccc2)C2=C1C=CCC2.